The summed E-state index contributed by atoms with van der Waals surface area (Å²) in [4.78, 5) is 0. The summed E-state index contributed by atoms with van der Waals surface area (Å²) < 4.78 is 0. The largest absolute Gasteiger partial charge is 0.393 e. The van der Waals surface area contributed by atoms with Crippen molar-refractivity contribution in [3.63, 3.8) is 0 Å². The minimum Gasteiger partial charge on any atom is -0.393 e. The topological polar surface area (TPSA) is 52.5 Å². The first-order valence-electron chi connectivity index (χ1n) is 5.55. The first-order valence-corrected chi connectivity index (χ1v) is 5.55. The molecular formula is C13H21NO2. The number of hydrogen-bond acceptors (Lipinski definition) is 3. The maximum Gasteiger partial charge on any atom is 0.0972 e. The van der Waals surface area contributed by atoms with Crippen LogP contribution in [-0.4, -0.2) is 29.0 Å². The van der Waals surface area contributed by atoms with Gasteiger partial charge in [-0.25, -0.2) is 0 Å². The van der Waals surface area contributed by atoms with E-state index in [9.17, 15) is 5.11 Å². The van der Waals surface area contributed by atoms with Gasteiger partial charge in [-0.1, -0.05) is 18.2 Å². The highest BCUT2D eigenvalue weighted by Gasteiger charge is 2.18. The molecule has 0 bridgehead atoms. The van der Waals surface area contributed by atoms with Crippen molar-refractivity contribution in [1.29, 1.82) is 0 Å². The summed E-state index contributed by atoms with van der Waals surface area (Å²) >= 11 is 0. The van der Waals surface area contributed by atoms with Crippen LogP contribution in [0, 0.1) is 13.8 Å². The van der Waals surface area contributed by atoms with Crippen LogP contribution in [0.3, 0.4) is 0 Å². The minimum atomic E-state index is -1.05. The summed E-state index contributed by atoms with van der Waals surface area (Å²) in [5, 5.41) is 21.7. The van der Waals surface area contributed by atoms with Crippen molar-refractivity contribution in [3.8, 4) is 0 Å². The lowest BCUT2D eigenvalue weighted by Gasteiger charge is -2.21. The zero-order valence-electron chi connectivity index (χ0n) is 10.2. The van der Waals surface area contributed by atoms with Gasteiger partial charge in [0.25, 0.3) is 0 Å². The Morgan fingerprint density at radius 1 is 1.25 bits per heavy atom. The number of nitrogens with one attached hydrogen (secondary N) is 1. The molecule has 1 rings (SSSR count). The molecule has 1 unspecified atom stereocenters. The maximum absolute atomic E-state index is 9.63. The van der Waals surface area contributed by atoms with Crippen molar-refractivity contribution in [1.82, 2.24) is 5.32 Å². The molecular weight excluding hydrogens is 202 g/mol. The molecule has 0 saturated carbocycles. The Morgan fingerprint density at radius 3 is 2.31 bits per heavy atom. The molecule has 1 aromatic carbocycles. The lowest BCUT2D eigenvalue weighted by molar-refractivity contribution is 0.00252. The Kier molecular flexibility index (Phi) is 4.47. The molecule has 90 valence electrons. The normalized spacial score (nSPS) is 14.8. The van der Waals surface area contributed by atoms with Crippen LogP contribution in [0.5, 0.6) is 0 Å². The van der Waals surface area contributed by atoms with E-state index in [-0.39, 0.29) is 6.61 Å². The number of aryl methyl sites for hydroxylation is 2. The fourth-order valence-corrected chi connectivity index (χ4v) is 1.64. The van der Waals surface area contributed by atoms with Gasteiger partial charge in [0.2, 0.25) is 0 Å². The Hall–Kier alpha value is -0.900. The molecule has 0 saturated heterocycles. The van der Waals surface area contributed by atoms with Crippen LogP contribution in [0.15, 0.2) is 18.2 Å². The molecule has 3 nitrogen and oxygen atoms in total. The van der Waals surface area contributed by atoms with E-state index >= 15 is 0 Å². The summed E-state index contributed by atoms with van der Waals surface area (Å²) in [5.41, 5.74) is 2.71. The third kappa shape index (κ3) is 3.59. The third-order valence-electron chi connectivity index (χ3n) is 2.79. The van der Waals surface area contributed by atoms with Crippen molar-refractivity contribution in [2.24, 2.45) is 0 Å². The first kappa shape index (κ1) is 13.2. The summed E-state index contributed by atoms with van der Waals surface area (Å²) in [7, 11) is 0. The van der Waals surface area contributed by atoms with Crippen LogP contribution in [0.25, 0.3) is 0 Å². The van der Waals surface area contributed by atoms with E-state index in [2.05, 4.69) is 31.3 Å². The zero-order chi connectivity index (χ0) is 12.2. The molecule has 0 aliphatic carbocycles. The summed E-state index contributed by atoms with van der Waals surface area (Å²) in [5.74, 6) is 0. The summed E-state index contributed by atoms with van der Waals surface area (Å²) in [6.07, 6.45) is 0. The molecule has 1 atom stereocenters. The van der Waals surface area contributed by atoms with E-state index in [4.69, 9.17) is 5.11 Å². The number of aliphatic hydroxyl groups is 2. The van der Waals surface area contributed by atoms with Crippen LogP contribution in [0.4, 0.5) is 0 Å². The maximum atomic E-state index is 9.63. The van der Waals surface area contributed by atoms with Crippen molar-refractivity contribution < 1.29 is 10.2 Å². The number of hydrogen-bond donors (Lipinski definition) is 3. The third-order valence-corrected chi connectivity index (χ3v) is 2.79. The van der Waals surface area contributed by atoms with E-state index in [0.717, 1.165) is 0 Å². The lowest BCUT2D eigenvalue weighted by atomic mass is 10.0. The molecule has 0 spiro atoms. The zero-order valence-corrected chi connectivity index (χ0v) is 10.2. The van der Waals surface area contributed by atoms with Gasteiger partial charge in [-0.15, -0.1) is 0 Å². The molecule has 3 heteroatoms. The lowest BCUT2D eigenvalue weighted by Crippen LogP contribution is -2.40. The molecule has 0 radical (unpaired) electrons. The van der Waals surface area contributed by atoms with Crippen molar-refractivity contribution in [3.05, 3.63) is 34.9 Å². The Bertz CT molecular complexity index is 328. The average Bonchev–Trinajstić information content (AvgIpc) is 2.22. The molecule has 3 N–H and O–H groups in total. The van der Waals surface area contributed by atoms with Crippen LogP contribution < -0.4 is 5.32 Å². The quantitative estimate of drug-likeness (QED) is 0.701. The van der Waals surface area contributed by atoms with Gasteiger partial charge in [0.1, 0.15) is 0 Å². The van der Waals surface area contributed by atoms with Crippen LogP contribution in [0.1, 0.15) is 23.6 Å². The Balaban J connectivity index is 2.56. The molecule has 16 heavy (non-hydrogen) atoms. The van der Waals surface area contributed by atoms with E-state index in [0.29, 0.717) is 13.1 Å². The van der Waals surface area contributed by atoms with Crippen molar-refractivity contribution in [2.75, 3.05) is 13.2 Å². The van der Waals surface area contributed by atoms with E-state index in [1.165, 1.54) is 16.7 Å². The van der Waals surface area contributed by atoms with Gasteiger partial charge in [-0.3, -0.25) is 0 Å². The van der Waals surface area contributed by atoms with Gasteiger partial charge in [0, 0.05) is 13.1 Å². The molecule has 0 aliphatic rings. The number of rotatable bonds is 5. The van der Waals surface area contributed by atoms with Crippen molar-refractivity contribution >= 4 is 0 Å². The molecule has 0 aliphatic heterocycles. The van der Waals surface area contributed by atoms with Crippen molar-refractivity contribution in [2.45, 2.75) is 32.9 Å². The van der Waals surface area contributed by atoms with Gasteiger partial charge in [-0.2, -0.15) is 0 Å². The van der Waals surface area contributed by atoms with E-state index < -0.39 is 5.60 Å². The molecule has 0 aromatic heterocycles. The predicted octanol–water partition coefficient (Wildman–Crippen LogP) is 1.14. The van der Waals surface area contributed by atoms with Gasteiger partial charge in [0.15, 0.2) is 0 Å². The second-order valence-electron chi connectivity index (χ2n) is 4.63. The fourth-order valence-electron chi connectivity index (χ4n) is 1.64. The Labute approximate surface area is 97.1 Å². The second kappa shape index (κ2) is 5.43. The molecule has 0 amide bonds. The highest BCUT2D eigenvalue weighted by Crippen LogP contribution is 2.13. The van der Waals surface area contributed by atoms with Crippen LogP contribution in [-0.2, 0) is 6.54 Å². The molecule has 1 aromatic rings. The van der Waals surface area contributed by atoms with Gasteiger partial charge < -0.3 is 15.5 Å². The smallest absolute Gasteiger partial charge is 0.0972 e. The minimum absolute atomic E-state index is 0.229. The van der Waals surface area contributed by atoms with Crippen LogP contribution >= 0.6 is 0 Å². The highest BCUT2D eigenvalue weighted by molar-refractivity contribution is 5.33. The second-order valence-corrected chi connectivity index (χ2v) is 4.63. The van der Waals surface area contributed by atoms with Gasteiger partial charge >= 0.3 is 0 Å². The summed E-state index contributed by atoms with van der Waals surface area (Å²) in [6, 6.07) is 6.19. The average molecular weight is 223 g/mol. The van der Waals surface area contributed by atoms with Gasteiger partial charge in [0.05, 0.1) is 12.2 Å². The molecule has 0 heterocycles. The molecule has 0 fully saturated rings. The number of aliphatic hydroxyl groups excluding tert-OH is 1. The predicted molar refractivity (Wildman–Crippen MR) is 65.3 cm³/mol. The standard InChI is InChI=1S/C13H21NO2/c1-10-5-4-6-11(2)12(10)7-14-8-13(3,16)9-15/h4-6,14-16H,7-9H2,1-3H3. The van der Waals surface area contributed by atoms with E-state index in [1.54, 1.807) is 6.92 Å². The first-order chi connectivity index (χ1) is 7.46. The monoisotopic (exact) mass is 223 g/mol. The SMILES string of the molecule is Cc1cccc(C)c1CNCC(C)(O)CO. The van der Waals surface area contributed by atoms with Gasteiger partial charge in [-0.05, 0) is 37.5 Å². The fraction of sp³-hybridized carbons (Fsp3) is 0.538. The number of benzene rings is 1. The summed E-state index contributed by atoms with van der Waals surface area (Å²) in [6.45, 7) is 6.64. The van der Waals surface area contributed by atoms with Crippen LogP contribution in [0.2, 0.25) is 0 Å². The Morgan fingerprint density at radius 2 is 1.81 bits per heavy atom. The van der Waals surface area contributed by atoms with E-state index in [1.807, 2.05) is 6.07 Å². The highest BCUT2D eigenvalue weighted by atomic mass is 16.3.